The molecule has 0 spiro atoms. The minimum absolute atomic E-state index is 0.00507. The Morgan fingerprint density at radius 1 is 1.06 bits per heavy atom. The highest BCUT2D eigenvalue weighted by atomic mass is 35.5. The highest BCUT2D eigenvalue weighted by Crippen LogP contribution is 2.40. The van der Waals surface area contributed by atoms with Crippen LogP contribution in [-0.2, 0) is 0 Å². The van der Waals surface area contributed by atoms with Gasteiger partial charge in [0, 0.05) is 35.1 Å². The van der Waals surface area contributed by atoms with Crippen molar-refractivity contribution in [1.82, 2.24) is 0 Å². The molecular formula is C26H26ClN3O2. The van der Waals surface area contributed by atoms with Crippen LogP contribution in [0.5, 0.6) is 5.75 Å². The normalized spacial score (nSPS) is 19.6. The van der Waals surface area contributed by atoms with Crippen molar-refractivity contribution in [3.63, 3.8) is 0 Å². The number of hydrogen-bond acceptors (Lipinski definition) is 4. The lowest BCUT2D eigenvalue weighted by atomic mass is 9.90. The van der Waals surface area contributed by atoms with Gasteiger partial charge in [-0.05, 0) is 67.4 Å². The van der Waals surface area contributed by atoms with E-state index in [1.54, 1.807) is 0 Å². The molecule has 2 heterocycles. The lowest BCUT2D eigenvalue weighted by Gasteiger charge is -2.40. The van der Waals surface area contributed by atoms with E-state index in [-0.39, 0.29) is 18.0 Å². The lowest BCUT2D eigenvalue weighted by molar-refractivity contribution is 0.0973. The summed E-state index contributed by atoms with van der Waals surface area (Å²) in [6.45, 7) is 3.58. The SMILES string of the molecule is C[C@H]1C[C@@H](Nc2ccc(Cl)cc2)c2ccccc2N1C(=O)c1ccc2c(c1)OCCN2C. The summed E-state index contributed by atoms with van der Waals surface area (Å²) < 4.78 is 5.83. The zero-order valence-electron chi connectivity index (χ0n) is 18.2. The van der Waals surface area contributed by atoms with E-state index in [2.05, 4.69) is 23.2 Å². The molecule has 1 amide bonds. The second-order valence-electron chi connectivity index (χ2n) is 8.48. The largest absolute Gasteiger partial charge is 0.490 e. The molecule has 0 saturated carbocycles. The summed E-state index contributed by atoms with van der Waals surface area (Å²) in [5, 5.41) is 4.33. The lowest BCUT2D eigenvalue weighted by Crippen LogP contribution is -2.44. The van der Waals surface area contributed by atoms with Crippen molar-refractivity contribution >= 4 is 34.6 Å². The molecule has 0 radical (unpaired) electrons. The predicted octanol–water partition coefficient (Wildman–Crippen LogP) is 5.76. The van der Waals surface area contributed by atoms with Gasteiger partial charge in [0.2, 0.25) is 0 Å². The monoisotopic (exact) mass is 447 g/mol. The molecule has 5 nitrogen and oxygen atoms in total. The summed E-state index contributed by atoms with van der Waals surface area (Å²) in [6.07, 6.45) is 0.801. The van der Waals surface area contributed by atoms with Gasteiger partial charge in [-0.1, -0.05) is 29.8 Å². The number of para-hydroxylation sites is 1. The zero-order chi connectivity index (χ0) is 22.2. The number of carbonyl (C=O) groups is 1. The molecule has 0 bridgehead atoms. The van der Waals surface area contributed by atoms with Gasteiger partial charge in [-0.15, -0.1) is 0 Å². The van der Waals surface area contributed by atoms with Crippen LogP contribution in [0.15, 0.2) is 66.7 Å². The number of anilines is 3. The molecule has 0 unspecified atom stereocenters. The zero-order valence-corrected chi connectivity index (χ0v) is 19.0. The van der Waals surface area contributed by atoms with Gasteiger partial charge >= 0.3 is 0 Å². The maximum Gasteiger partial charge on any atom is 0.258 e. The molecule has 0 aliphatic carbocycles. The summed E-state index contributed by atoms with van der Waals surface area (Å²) >= 11 is 6.04. The van der Waals surface area contributed by atoms with Gasteiger partial charge in [0.1, 0.15) is 12.4 Å². The first-order chi connectivity index (χ1) is 15.5. The molecule has 2 aliphatic heterocycles. The third kappa shape index (κ3) is 3.78. The van der Waals surface area contributed by atoms with E-state index in [9.17, 15) is 4.79 Å². The van der Waals surface area contributed by atoms with E-state index in [1.807, 2.05) is 72.6 Å². The van der Waals surface area contributed by atoms with Crippen LogP contribution in [0.1, 0.15) is 35.3 Å². The third-order valence-electron chi connectivity index (χ3n) is 6.30. The molecule has 32 heavy (non-hydrogen) atoms. The molecule has 1 N–H and O–H groups in total. The van der Waals surface area contributed by atoms with E-state index < -0.39 is 0 Å². The molecule has 2 aliphatic rings. The standard InChI is InChI=1S/C26H26ClN3O2/c1-17-15-22(28-20-10-8-19(27)9-11-20)21-5-3-4-6-23(21)30(17)26(31)18-7-12-24-25(16-18)32-14-13-29(24)2/h3-12,16-17,22,28H,13-15H2,1-2H3/t17-,22+/m0/s1. The van der Waals surface area contributed by atoms with Crippen molar-refractivity contribution < 1.29 is 9.53 Å². The first-order valence-electron chi connectivity index (χ1n) is 10.9. The molecule has 5 rings (SSSR count). The highest BCUT2D eigenvalue weighted by molar-refractivity contribution is 6.30. The second kappa shape index (κ2) is 8.40. The molecule has 0 fully saturated rings. The molecule has 2 atom stereocenters. The molecule has 6 heteroatoms. The predicted molar refractivity (Wildman–Crippen MR) is 130 cm³/mol. The summed E-state index contributed by atoms with van der Waals surface area (Å²) in [4.78, 5) is 17.7. The number of nitrogens with one attached hydrogen (secondary N) is 1. The van der Waals surface area contributed by atoms with Crippen molar-refractivity contribution in [2.75, 3.05) is 35.3 Å². The minimum atomic E-state index is -0.00507. The number of rotatable bonds is 3. The van der Waals surface area contributed by atoms with Crippen LogP contribution in [0.2, 0.25) is 5.02 Å². The van der Waals surface area contributed by atoms with Crippen molar-refractivity contribution in [2.45, 2.75) is 25.4 Å². The molecule has 0 aromatic heterocycles. The first-order valence-corrected chi connectivity index (χ1v) is 11.3. The van der Waals surface area contributed by atoms with Crippen molar-refractivity contribution in [2.24, 2.45) is 0 Å². The summed E-state index contributed by atoms with van der Waals surface area (Å²) in [5.74, 6) is 0.763. The Morgan fingerprint density at radius 2 is 1.84 bits per heavy atom. The number of carbonyl (C=O) groups excluding carboxylic acids is 1. The van der Waals surface area contributed by atoms with Crippen LogP contribution >= 0.6 is 11.6 Å². The number of ether oxygens (including phenoxy) is 1. The Balaban J connectivity index is 1.46. The number of amides is 1. The first kappa shape index (κ1) is 20.7. The fourth-order valence-electron chi connectivity index (χ4n) is 4.64. The Morgan fingerprint density at radius 3 is 2.66 bits per heavy atom. The molecular weight excluding hydrogens is 422 g/mol. The van der Waals surface area contributed by atoms with Crippen LogP contribution in [0.4, 0.5) is 17.1 Å². The Kier molecular flexibility index (Phi) is 5.43. The second-order valence-corrected chi connectivity index (χ2v) is 8.91. The Bertz CT molecular complexity index is 1150. The molecule has 3 aromatic carbocycles. The number of likely N-dealkylation sites (N-methyl/N-ethyl adjacent to an activating group) is 1. The van der Waals surface area contributed by atoms with Gasteiger partial charge in [0.05, 0.1) is 18.3 Å². The number of nitrogens with zero attached hydrogens (tertiary/aromatic N) is 2. The van der Waals surface area contributed by atoms with Gasteiger partial charge in [0.25, 0.3) is 5.91 Å². The summed E-state index contributed by atoms with van der Waals surface area (Å²) in [6, 6.07) is 21.8. The van der Waals surface area contributed by atoms with Gasteiger partial charge in [-0.2, -0.15) is 0 Å². The number of hydrogen-bond donors (Lipinski definition) is 1. The van der Waals surface area contributed by atoms with E-state index in [0.717, 1.165) is 41.3 Å². The van der Waals surface area contributed by atoms with Gasteiger partial charge in [-0.25, -0.2) is 0 Å². The van der Waals surface area contributed by atoms with E-state index in [1.165, 1.54) is 0 Å². The molecule has 3 aromatic rings. The number of halogens is 1. The Hall–Kier alpha value is -3.18. The average molecular weight is 448 g/mol. The topological polar surface area (TPSA) is 44.8 Å². The third-order valence-corrected chi connectivity index (χ3v) is 6.55. The number of benzene rings is 3. The molecule has 164 valence electrons. The smallest absolute Gasteiger partial charge is 0.258 e. The number of fused-ring (bicyclic) bond motifs is 2. The Labute approximate surface area is 193 Å². The fraction of sp³-hybridized carbons (Fsp3) is 0.269. The van der Waals surface area contributed by atoms with E-state index in [4.69, 9.17) is 16.3 Å². The van der Waals surface area contributed by atoms with Crippen LogP contribution < -0.4 is 19.9 Å². The summed E-state index contributed by atoms with van der Waals surface area (Å²) in [5.41, 5.74) is 4.73. The van der Waals surface area contributed by atoms with E-state index in [0.29, 0.717) is 17.2 Å². The van der Waals surface area contributed by atoms with Crippen molar-refractivity contribution in [1.29, 1.82) is 0 Å². The van der Waals surface area contributed by atoms with E-state index >= 15 is 0 Å². The quantitative estimate of drug-likeness (QED) is 0.554. The maximum absolute atomic E-state index is 13.7. The van der Waals surface area contributed by atoms with Crippen LogP contribution in [-0.4, -0.2) is 32.1 Å². The van der Waals surface area contributed by atoms with Gasteiger partial charge in [0.15, 0.2) is 0 Å². The van der Waals surface area contributed by atoms with Crippen LogP contribution in [0.3, 0.4) is 0 Å². The molecule has 0 saturated heterocycles. The maximum atomic E-state index is 13.7. The summed E-state index contributed by atoms with van der Waals surface area (Å²) in [7, 11) is 2.04. The van der Waals surface area contributed by atoms with Crippen molar-refractivity contribution in [3.8, 4) is 5.75 Å². The minimum Gasteiger partial charge on any atom is -0.490 e. The van der Waals surface area contributed by atoms with Crippen molar-refractivity contribution in [3.05, 3.63) is 82.9 Å². The fourth-order valence-corrected chi connectivity index (χ4v) is 4.76. The highest BCUT2D eigenvalue weighted by Gasteiger charge is 2.34. The average Bonchev–Trinajstić information content (AvgIpc) is 2.80. The van der Waals surface area contributed by atoms with Crippen LogP contribution in [0, 0.1) is 0 Å². The van der Waals surface area contributed by atoms with Gasteiger partial charge < -0.3 is 19.9 Å². The van der Waals surface area contributed by atoms with Gasteiger partial charge in [-0.3, -0.25) is 4.79 Å². The van der Waals surface area contributed by atoms with Crippen LogP contribution in [0.25, 0.3) is 0 Å².